The Morgan fingerprint density at radius 1 is 1.16 bits per heavy atom. The van der Waals surface area contributed by atoms with Gasteiger partial charge in [-0.1, -0.05) is 42.5 Å². The third kappa shape index (κ3) is 6.06. The van der Waals surface area contributed by atoms with Crippen molar-refractivity contribution in [3.05, 3.63) is 74.8 Å². The first-order chi connectivity index (χ1) is 15.7. The van der Waals surface area contributed by atoms with Crippen LogP contribution in [0.1, 0.15) is 24.0 Å². The molecule has 2 aromatic carbocycles. The van der Waals surface area contributed by atoms with Crippen LogP contribution in [0.25, 0.3) is 23.4 Å². The Kier molecular flexibility index (Phi) is 8.60. The van der Waals surface area contributed by atoms with Crippen molar-refractivity contribution in [1.82, 2.24) is 5.43 Å². The second-order valence-electron chi connectivity index (χ2n) is 7.26. The molecule has 0 fully saturated rings. The van der Waals surface area contributed by atoms with Gasteiger partial charge in [0, 0.05) is 24.6 Å². The van der Waals surface area contributed by atoms with Crippen LogP contribution in [0, 0.1) is 6.92 Å². The summed E-state index contributed by atoms with van der Waals surface area (Å²) >= 11 is 1.68. The molecule has 7 heteroatoms. The number of aliphatic imine (C=N–C) groups is 1. The van der Waals surface area contributed by atoms with Gasteiger partial charge in [0.05, 0.1) is 11.1 Å². The molecule has 0 aliphatic heterocycles. The largest absolute Gasteiger partial charge is 0.493 e. The third-order valence-electron chi connectivity index (χ3n) is 5.13. The molecule has 166 valence electrons. The molecule has 0 bridgehead atoms. The summed E-state index contributed by atoms with van der Waals surface area (Å²) in [6.45, 7) is 6.33. The Labute approximate surface area is 192 Å². The van der Waals surface area contributed by atoms with E-state index in [4.69, 9.17) is 16.4 Å². The minimum Gasteiger partial charge on any atom is -0.493 e. The minimum absolute atomic E-state index is 0.572. The number of nitrogens with zero attached hydrogens (tertiary/aromatic N) is 2. The molecule has 0 atom stereocenters. The Morgan fingerprint density at radius 3 is 2.62 bits per heavy atom. The summed E-state index contributed by atoms with van der Waals surface area (Å²) in [5.74, 6) is 12.0. The number of benzene rings is 2. The first kappa shape index (κ1) is 23.2. The Hall–Kier alpha value is -3.42. The standard InChI is InChI=1S/C25H29N5OS/c1-18-6-3-4-7-21(18)23-17-32-24(16-28-2)22(23)8-5-15-31-20-12-9-19(10-13-20)11-14-25(29-26)30-27/h3-4,6-10,12-13,16-17H,2,5,11,14-15,26-27H2,1H3,(H,29,30)/b22-8-,24-16+. The van der Waals surface area contributed by atoms with Gasteiger partial charge in [-0.3, -0.25) is 4.99 Å². The number of hydrogen-bond donors (Lipinski definition) is 3. The molecule has 0 saturated heterocycles. The second-order valence-corrected chi connectivity index (χ2v) is 8.17. The van der Waals surface area contributed by atoms with Gasteiger partial charge in [-0.15, -0.1) is 11.3 Å². The molecule has 3 aromatic rings. The molecule has 5 N–H and O–H groups in total. The van der Waals surface area contributed by atoms with Crippen molar-refractivity contribution in [2.24, 2.45) is 21.8 Å². The molecule has 0 radical (unpaired) electrons. The summed E-state index contributed by atoms with van der Waals surface area (Å²) in [5, 5.41) is 6.97. The van der Waals surface area contributed by atoms with Crippen molar-refractivity contribution in [1.29, 1.82) is 0 Å². The summed E-state index contributed by atoms with van der Waals surface area (Å²) in [4.78, 5) is 3.98. The van der Waals surface area contributed by atoms with E-state index in [1.165, 1.54) is 27.5 Å². The van der Waals surface area contributed by atoms with Crippen molar-refractivity contribution >= 4 is 36.2 Å². The summed E-state index contributed by atoms with van der Waals surface area (Å²) in [6, 6.07) is 16.5. The van der Waals surface area contributed by atoms with E-state index < -0.39 is 0 Å². The highest BCUT2D eigenvalue weighted by atomic mass is 32.1. The fourth-order valence-corrected chi connectivity index (χ4v) is 4.38. The van der Waals surface area contributed by atoms with E-state index in [2.05, 4.69) is 64.9 Å². The number of hydrazine groups is 1. The monoisotopic (exact) mass is 447 g/mol. The van der Waals surface area contributed by atoms with Crippen molar-refractivity contribution in [3.8, 4) is 16.9 Å². The number of thiophene rings is 1. The number of hydrogen-bond acceptors (Lipinski definition) is 6. The van der Waals surface area contributed by atoms with E-state index in [0.29, 0.717) is 18.9 Å². The number of hydrazone groups is 1. The lowest BCUT2D eigenvalue weighted by atomic mass is 10.0. The van der Waals surface area contributed by atoms with E-state index in [1.807, 2.05) is 30.5 Å². The van der Waals surface area contributed by atoms with Gasteiger partial charge >= 0.3 is 0 Å². The van der Waals surface area contributed by atoms with Gasteiger partial charge < -0.3 is 16.0 Å². The van der Waals surface area contributed by atoms with Gasteiger partial charge in [0.15, 0.2) is 0 Å². The van der Waals surface area contributed by atoms with Gasteiger partial charge in [-0.05, 0) is 59.5 Å². The van der Waals surface area contributed by atoms with Crippen LogP contribution in [0.5, 0.6) is 5.75 Å². The normalized spacial score (nSPS) is 12.8. The highest BCUT2D eigenvalue weighted by molar-refractivity contribution is 7.08. The topological polar surface area (TPSA) is 98.0 Å². The van der Waals surface area contributed by atoms with Crippen LogP contribution in [0.2, 0.25) is 0 Å². The van der Waals surface area contributed by atoms with Crippen LogP contribution in [-0.4, -0.2) is 19.2 Å². The van der Waals surface area contributed by atoms with E-state index in [1.54, 1.807) is 11.3 Å². The zero-order valence-electron chi connectivity index (χ0n) is 18.3. The molecule has 0 aliphatic carbocycles. The smallest absolute Gasteiger partial charge is 0.136 e. The zero-order valence-corrected chi connectivity index (χ0v) is 19.1. The highest BCUT2D eigenvalue weighted by Gasteiger charge is 2.06. The molecule has 6 nitrogen and oxygen atoms in total. The van der Waals surface area contributed by atoms with E-state index in [-0.39, 0.29) is 0 Å². The number of nitrogens with one attached hydrogen (secondary N) is 1. The van der Waals surface area contributed by atoms with Crippen molar-refractivity contribution in [3.63, 3.8) is 0 Å². The number of amidine groups is 1. The fourth-order valence-electron chi connectivity index (χ4n) is 3.43. The van der Waals surface area contributed by atoms with Crippen molar-refractivity contribution in [2.75, 3.05) is 6.61 Å². The van der Waals surface area contributed by atoms with Crippen molar-refractivity contribution in [2.45, 2.75) is 26.2 Å². The molecule has 3 rings (SSSR count). The lowest BCUT2D eigenvalue weighted by Gasteiger charge is -2.07. The average molecular weight is 448 g/mol. The van der Waals surface area contributed by atoms with Gasteiger partial charge in [0.2, 0.25) is 0 Å². The zero-order chi connectivity index (χ0) is 22.8. The highest BCUT2D eigenvalue weighted by Crippen LogP contribution is 2.20. The van der Waals surface area contributed by atoms with Gasteiger partial charge in [0.25, 0.3) is 0 Å². The summed E-state index contributed by atoms with van der Waals surface area (Å²) in [7, 11) is 0. The first-order valence-electron chi connectivity index (χ1n) is 10.4. The molecule has 0 amide bonds. The number of ether oxygens (including phenoxy) is 1. The summed E-state index contributed by atoms with van der Waals surface area (Å²) in [6.07, 6.45) is 6.28. The predicted octanol–water partition coefficient (Wildman–Crippen LogP) is 3.08. The van der Waals surface area contributed by atoms with E-state index >= 15 is 0 Å². The van der Waals surface area contributed by atoms with Crippen LogP contribution < -0.4 is 31.6 Å². The Morgan fingerprint density at radius 2 is 1.94 bits per heavy atom. The van der Waals surface area contributed by atoms with Crippen LogP contribution >= 0.6 is 11.3 Å². The van der Waals surface area contributed by atoms with Crippen LogP contribution in [-0.2, 0) is 6.42 Å². The van der Waals surface area contributed by atoms with Crippen LogP contribution in [0.3, 0.4) is 0 Å². The lowest BCUT2D eigenvalue weighted by molar-refractivity contribution is 0.328. The van der Waals surface area contributed by atoms with Gasteiger partial charge in [-0.25, -0.2) is 5.84 Å². The third-order valence-corrected chi connectivity index (χ3v) is 6.07. The van der Waals surface area contributed by atoms with Gasteiger partial charge in [-0.2, -0.15) is 5.10 Å². The maximum Gasteiger partial charge on any atom is 0.136 e. The number of rotatable bonds is 9. The fraction of sp³-hybridized carbons (Fsp3) is 0.200. The first-order valence-corrected chi connectivity index (χ1v) is 11.3. The van der Waals surface area contributed by atoms with Crippen LogP contribution in [0.4, 0.5) is 0 Å². The van der Waals surface area contributed by atoms with Crippen molar-refractivity contribution < 1.29 is 4.74 Å². The van der Waals surface area contributed by atoms with E-state index in [0.717, 1.165) is 23.1 Å². The molecule has 0 unspecified atom stereocenters. The number of nitrogens with two attached hydrogens (primary N) is 2. The summed E-state index contributed by atoms with van der Waals surface area (Å²) in [5.41, 5.74) is 7.37. The lowest BCUT2D eigenvalue weighted by Crippen LogP contribution is -2.31. The molecule has 0 saturated carbocycles. The Balaban J connectivity index is 1.66. The maximum absolute atomic E-state index is 5.95. The minimum atomic E-state index is 0.572. The number of aryl methyl sites for hydroxylation is 2. The summed E-state index contributed by atoms with van der Waals surface area (Å²) < 4.78 is 7.05. The molecule has 1 aromatic heterocycles. The molecule has 32 heavy (non-hydrogen) atoms. The molecule has 1 heterocycles. The van der Waals surface area contributed by atoms with Crippen LogP contribution in [0.15, 0.2) is 64.0 Å². The molecule has 0 aliphatic rings. The molecular formula is C25H29N5OS. The SMILES string of the molecule is C=N/C=c1/scc(-c2ccccc2C)/c1=C/CCOc1ccc(CC/C(=N/N)NN)cc1. The Bertz CT molecular complexity index is 1180. The molecular weight excluding hydrogens is 418 g/mol. The maximum atomic E-state index is 5.95. The molecule has 0 spiro atoms. The average Bonchev–Trinajstić information content (AvgIpc) is 3.21. The predicted molar refractivity (Wildman–Crippen MR) is 136 cm³/mol. The second kappa shape index (κ2) is 11.8. The quantitative estimate of drug-likeness (QED) is 0.154. The van der Waals surface area contributed by atoms with Gasteiger partial charge in [0.1, 0.15) is 11.6 Å². The van der Waals surface area contributed by atoms with E-state index in [9.17, 15) is 0 Å².